The number of aromatic amines is 1. The number of carbonyl (C=O) groups is 4. The summed E-state index contributed by atoms with van der Waals surface area (Å²) in [5.74, 6) is -1.64. The second-order valence-corrected chi connectivity index (χ2v) is 12.0. The lowest BCUT2D eigenvalue weighted by Crippen LogP contribution is -2.57. The topological polar surface area (TPSA) is 184 Å². The number of benzene rings is 1. The summed E-state index contributed by atoms with van der Waals surface area (Å²) in [4.78, 5) is 57.5. The first kappa shape index (κ1) is 34.4. The van der Waals surface area contributed by atoms with Gasteiger partial charge in [0.1, 0.15) is 23.5 Å². The fourth-order valence-electron chi connectivity index (χ4n) is 4.96. The van der Waals surface area contributed by atoms with Crippen molar-refractivity contribution in [1.29, 1.82) is 0 Å². The van der Waals surface area contributed by atoms with Crippen molar-refractivity contribution in [3.8, 4) is 5.75 Å². The van der Waals surface area contributed by atoms with Crippen LogP contribution in [0.3, 0.4) is 0 Å². The van der Waals surface area contributed by atoms with E-state index in [4.69, 9.17) is 16.3 Å². The van der Waals surface area contributed by atoms with Gasteiger partial charge in [0, 0.05) is 57.0 Å². The summed E-state index contributed by atoms with van der Waals surface area (Å²) in [7, 11) is 0. The van der Waals surface area contributed by atoms with Gasteiger partial charge in [-0.15, -0.1) is 5.10 Å². The molecule has 15 heteroatoms. The van der Waals surface area contributed by atoms with Crippen LogP contribution in [0.15, 0.2) is 42.7 Å². The van der Waals surface area contributed by atoms with E-state index in [-0.39, 0.29) is 35.5 Å². The number of halogens is 1. The van der Waals surface area contributed by atoms with Crippen LogP contribution in [0.4, 0.5) is 0 Å². The molecule has 0 unspecified atom stereocenters. The second kappa shape index (κ2) is 16.2. The summed E-state index contributed by atoms with van der Waals surface area (Å²) in [5.41, 5.74) is 1.28. The minimum absolute atomic E-state index is 0.0322. The van der Waals surface area contributed by atoms with Crippen molar-refractivity contribution in [2.45, 2.75) is 64.8 Å². The highest BCUT2D eigenvalue weighted by Crippen LogP contribution is 2.26. The maximum Gasteiger partial charge on any atom is 0.270 e. The third-order valence-electron chi connectivity index (χ3n) is 7.40. The quantitative estimate of drug-likeness (QED) is 0.262. The fourth-order valence-corrected chi connectivity index (χ4v) is 5.19. The van der Waals surface area contributed by atoms with Crippen molar-refractivity contribution in [1.82, 2.24) is 40.8 Å². The smallest absolute Gasteiger partial charge is 0.270 e. The van der Waals surface area contributed by atoms with Gasteiger partial charge in [-0.25, -0.2) is 0 Å². The monoisotopic (exact) mass is 656 g/mol. The van der Waals surface area contributed by atoms with Crippen molar-refractivity contribution in [2.24, 2.45) is 5.92 Å². The Kier molecular flexibility index (Phi) is 12.1. The molecule has 248 valence electrons. The number of aryl methyl sites for hydroxylation is 1. The number of hydrogen-bond donors (Lipinski definition) is 5. The Bertz CT molecular complexity index is 1490. The first-order chi connectivity index (χ1) is 22.0. The Balaban J connectivity index is 1.57. The van der Waals surface area contributed by atoms with E-state index < -0.39 is 35.9 Å². The molecule has 0 fully saturated rings. The number of aliphatic hydroxyl groups excluding tert-OH is 1. The van der Waals surface area contributed by atoms with Gasteiger partial charge < -0.3 is 35.7 Å². The highest BCUT2D eigenvalue weighted by Gasteiger charge is 2.31. The lowest BCUT2D eigenvalue weighted by molar-refractivity contribution is -0.131. The molecule has 4 heterocycles. The molecule has 4 amide bonds. The molecule has 1 aromatic carbocycles. The van der Waals surface area contributed by atoms with Crippen molar-refractivity contribution >= 4 is 35.2 Å². The highest BCUT2D eigenvalue weighted by molar-refractivity contribution is 6.32. The first-order valence-electron chi connectivity index (χ1n) is 15.3. The first-order valence-corrected chi connectivity index (χ1v) is 15.7. The average Bonchev–Trinajstić information content (AvgIpc) is 3.71. The molecule has 0 spiro atoms. The lowest BCUT2D eigenvalue weighted by atomic mass is 10.0. The Morgan fingerprint density at radius 3 is 2.61 bits per heavy atom. The largest absolute Gasteiger partial charge is 0.492 e. The zero-order valence-corrected chi connectivity index (χ0v) is 26.9. The minimum atomic E-state index is -1.35. The summed E-state index contributed by atoms with van der Waals surface area (Å²) in [5, 5.41) is 27.1. The Morgan fingerprint density at radius 1 is 1.11 bits per heavy atom. The van der Waals surface area contributed by atoms with Crippen LogP contribution in [0.5, 0.6) is 5.75 Å². The maximum atomic E-state index is 13.3. The minimum Gasteiger partial charge on any atom is -0.492 e. The van der Waals surface area contributed by atoms with Crippen LogP contribution < -0.4 is 20.7 Å². The van der Waals surface area contributed by atoms with Gasteiger partial charge in [0.25, 0.3) is 11.8 Å². The molecule has 2 aromatic heterocycles. The summed E-state index contributed by atoms with van der Waals surface area (Å²) < 4.78 is 7.50. The molecule has 4 bridgehead atoms. The molecule has 5 N–H and O–H groups in total. The number of nitrogens with one attached hydrogen (secondary N) is 4. The number of hydrogen-bond acceptors (Lipinski definition) is 8. The van der Waals surface area contributed by atoms with Crippen molar-refractivity contribution in [2.75, 3.05) is 26.2 Å². The summed E-state index contributed by atoms with van der Waals surface area (Å²) in [6.07, 6.45) is 3.55. The molecule has 0 radical (unpaired) electrons. The summed E-state index contributed by atoms with van der Waals surface area (Å²) in [6.45, 7) is 6.68. The van der Waals surface area contributed by atoms with Gasteiger partial charge in [-0.2, -0.15) is 0 Å². The zero-order valence-electron chi connectivity index (χ0n) is 26.2. The van der Waals surface area contributed by atoms with E-state index >= 15 is 0 Å². The van der Waals surface area contributed by atoms with E-state index in [1.807, 2.05) is 20.0 Å². The zero-order chi connectivity index (χ0) is 33.2. The maximum absolute atomic E-state index is 13.3. The molecule has 2 aliphatic heterocycles. The number of H-pyrrole nitrogens is 1. The van der Waals surface area contributed by atoms with E-state index in [9.17, 15) is 24.3 Å². The molecule has 0 saturated carbocycles. The number of nitrogens with zero attached hydrogens (tertiary/aromatic N) is 4. The average molecular weight is 657 g/mol. The molecule has 46 heavy (non-hydrogen) atoms. The Labute approximate surface area is 272 Å². The Hall–Kier alpha value is -4.43. The van der Waals surface area contributed by atoms with E-state index in [1.165, 1.54) is 19.1 Å². The normalized spacial score (nSPS) is 19.9. The number of ether oxygens (including phenoxy) is 1. The number of fused-ring (bicyclic) bond motifs is 17. The van der Waals surface area contributed by atoms with Gasteiger partial charge in [-0.1, -0.05) is 30.7 Å². The molecule has 3 atom stereocenters. The number of carbonyl (C=O) groups excluding carboxylic acids is 4. The third-order valence-corrected chi connectivity index (χ3v) is 7.69. The molecular formula is C31H41ClN8O6. The van der Waals surface area contributed by atoms with Gasteiger partial charge in [0.05, 0.1) is 23.4 Å². The number of amides is 4. The van der Waals surface area contributed by atoms with E-state index in [0.717, 1.165) is 0 Å². The van der Waals surface area contributed by atoms with Crippen molar-refractivity contribution in [3.05, 3.63) is 64.7 Å². The molecule has 2 aliphatic rings. The molecule has 0 aliphatic carbocycles. The molecule has 14 nitrogen and oxygen atoms in total. The number of aromatic nitrogens is 4. The fraction of sp³-hybridized carbons (Fsp3) is 0.484. The van der Waals surface area contributed by atoms with Crippen LogP contribution >= 0.6 is 11.6 Å². The van der Waals surface area contributed by atoms with Crippen molar-refractivity contribution < 1.29 is 29.0 Å². The molecule has 0 saturated heterocycles. The third kappa shape index (κ3) is 9.54. The molecule has 5 rings (SSSR count). The highest BCUT2D eigenvalue weighted by atomic mass is 35.5. The van der Waals surface area contributed by atoms with Gasteiger partial charge >= 0.3 is 0 Å². The van der Waals surface area contributed by atoms with Crippen molar-refractivity contribution in [3.63, 3.8) is 0 Å². The van der Waals surface area contributed by atoms with Gasteiger partial charge in [0.15, 0.2) is 0 Å². The van der Waals surface area contributed by atoms with Gasteiger partial charge in [-0.05, 0) is 49.6 Å². The molecule has 3 aromatic rings. The lowest BCUT2D eigenvalue weighted by Gasteiger charge is -2.26. The standard InChI is InChI=1S/C31H41ClN8O6/c1-19(2)16-25-29(43)34-11-14-39(31(45)24-6-4-10-33-24)13-9-22-18-40(38-37-22)12-5-15-46-26-8-7-21(17-23(26)32)28(42)36-27(20(3)41)30(44)35-25/h4,6-8,10,17-20,25,27,33,41H,5,9,11-16H2,1-3H3,(H,34,43)(H,35,44)(H,36,42)/t20-,25-,27+/m1/s1. The Morgan fingerprint density at radius 2 is 1.91 bits per heavy atom. The van der Waals surface area contributed by atoms with Crippen LogP contribution in [-0.2, 0) is 22.6 Å². The summed E-state index contributed by atoms with van der Waals surface area (Å²) >= 11 is 6.39. The van der Waals surface area contributed by atoms with E-state index in [0.29, 0.717) is 56.1 Å². The van der Waals surface area contributed by atoms with Gasteiger partial charge in [-0.3, -0.25) is 23.9 Å². The van der Waals surface area contributed by atoms with Crippen LogP contribution in [0, 0.1) is 5.92 Å². The van der Waals surface area contributed by atoms with E-state index in [2.05, 4.69) is 31.2 Å². The SMILES string of the molecule is CC(C)C[C@H]1NC(=O)[C@H]([C@@H](C)O)NC(=O)c2ccc(c(Cl)c2)OCCCn2cc(nn2)CCN(C(=O)c2ccc[nH]2)CCNC1=O. The number of rotatable bonds is 4. The second-order valence-electron chi connectivity index (χ2n) is 11.6. The van der Waals surface area contributed by atoms with Crippen LogP contribution in [-0.4, -0.2) is 98.0 Å². The predicted molar refractivity (Wildman–Crippen MR) is 169 cm³/mol. The van der Waals surface area contributed by atoms with E-state index in [1.54, 1.807) is 34.0 Å². The van der Waals surface area contributed by atoms with Crippen LogP contribution in [0.2, 0.25) is 5.02 Å². The molecular weight excluding hydrogens is 616 g/mol. The predicted octanol–water partition coefficient (Wildman–Crippen LogP) is 1.55. The van der Waals surface area contributed by atoms with Gasteiger partial charge in [0.2, 0.25) is 11.8 Å². The van der Waals surface area contributed by atoms with Crippen LogP contribution in [0.1, 0.15) is 60.2 Å². The van der Waals surface area contributed by atoms with Crippen LogP contribution in [0.25, 0.3) is 0 Å². The summed E-state index contributed by atoms with van der Waals surface area (Å²) in [6, 6.07) is 5.60. The number of aliphatic hydroxyl groups is 1.